The Bertz CT molecular complexity index is 465. The molecule has 3 nitrogen and oxygen atoms in total. The molecule has 18 heavy (non-hydrogen) atoms. The number of likely N-dealkylation sites (tertiary alicyclic amines) is 1. The summed E-state index contributed by atoms with van der Waals surface area (Å²) >= 11 is 3.41. The van der Waals surface area contributed by atoms with Crippen molar-refractivity contribution in [1.29, 1.82) is 0 Å². The second-order valence-corrected chi connectivity index (χ2v) is 5.17. The summed E-state index contributed by atoms with van der Waals surface area (Å²) in [5.74, 6) is 0.846. The standard InChI is InChI=1S/C14H16BrNO2/c1-18-13-6-5-12(15)10-11(13)4-7-14(17)16-8-2-3-9-16/h4-7,10H,2-3,8-9H2,1H3/b7-4+. The van der Waals surface area contributed by atoms with Gasteiger partial charge in [0, 0.05) is 29.2 Å². The van der Waals surface area contributed by atoms with Crippen LogP contribution in [0, 0.1) is 0 Å². The Morgan fingerprint density at radius 1 is 1.39 bits per heavy atom. The molecule has 1 amide bonds. The van der Waals surface area contributed by atoms with E-state index in [1.807, 2.05) is 29.2 Å². The number of nitrogens with zero attached hydrogens (tertiary/aromatic N) is 1. The highest BCUT2D eigenvalue weighted by molar-refractivity contribution is 9.10. The summed E-state index contributed by atoms with van der Waals surface area (Å²) in [5, 5.41) is 0. The van der Waals surface area contributed by atoms with E-state index >= 15 is 0 Å². The number of amides is 1. The first-order chi connectivity index (χ1) is 8.70. The van der Waals surface area contributed by atoms with Gasteiger partial charge in [-0.1, -0.05) is 15.9 Å². The number of rotatable bonds is 3. The number of carbonyl (C=O) groups excluding carboxylic acids is 1. The molecular formula is C14H16BrNO2. The van der Waals surface area contributed by atoms with E-state index < -0.39 is 0 Å². The van der Waals surface area contributed by atoms with E-state index in [0.29, 0.717) is 0 Å². The second kappa shape index (κ2) is 6.05. The molecule has 1 aliphatic heterocycles. The van der Waals surface area contributed by atoms with Gasteiger partial charge in [-0.15, -0.1) is 0 Å². The topological polar surface area (TPSA) is 29.5 Å². The van der Waals surface area contributed by atoms with Crippen LogP contribution in [0.25, 0.3) is 6.08 Å². The van der Waals surface area contributed by atoms with Gasteiger partial charge < -0.3 is 9.64 Å². The largest absolute Gasteiger partial charge is 0.496 e. The number of benzene rings is 1. The van der Waals surface area contributed by atoms with E-state index in [0.717, 1.165) is 41.7 Å². The van der Waals surface area contributed by atoms with Crippen LogP contribution in [0.4, 0.5) is 0 Å². The molecule has 0 aliphatic carbocycles. The average molecular weight is 310 g/mol. The number of methoxy groups -OCH3 is 1. The van der Waals surface area contributed by atoms with Crippen LogP contribution in [-0.2, 0) is 4.79 Å². The van der Waals surface area contributed by atoms with Crippen molar-refractivity contribution in [2.24, 2.45) is 0 Å². The fraction of sp³-hybridized carbons (Fsp3) is 0.357. The maximum atomic E-state index is 11.9. The second-order valence-electron chi connectivity index (χ2n) is 4.25. The highest BCUT2D eigenvalue weighted by Gasteiger charge is 2.15. The van der Waals surface area contributed by atoms with Crippen LogP contribution in [0.1, 0.15) is 18.4 Å². The third-order valence-corrected chi connectivity index (χ3v) is 3.51. The molecule has 1 aliphatic rings. The minimum absolute atomic E-state index is 0.0783. The lowest BCUT2D eigenvalue weighted by molar-refractivity contribution is -0.124. The zero-order valence-corrected chi connectivity index (χ0v) is 11.9. The van der Waals surface area contributed by atoms with E-state index in [4.69, 9.17) is 4.74 Å². The Kier molecular flexibility index (Phi) is 4.42. The molecule has 2 rings (SSSR count). The molecular weight excluding hydrogens is 294 g/mol. The first-order valence-electron chi connectivity index (χ1n) is 6.01. The van der Waals surface area contributed by atoms with Crippen molar-refractivity contribution < 1.29 is 9.53 Å². The molecule has 0 bridgehead atoms. The summed E-state index contributed by atoms with van der Waals surface area (Å²) < 4.78 is 6.23. The summed E-state index contributed by atoms with van der Waals surface area (Å²) in [6.07, 6.45) is 5.65. The van der Waals surface area contributed by atoms with Crippen LogP contribution >= 0.6 is 15.9 Å². The van der Waals surface area contributed by atoms with Gasteiger partial charge in [-0.3, -0.25) is 4.79 Å². The Hall–Kier alpha value is -1.29. The maximum Gasteiger partial charge on any atom is 0.246 e. The monoisotopic (exact) mass is 309 g/mol. The number of hydrogen-bond donors (Lipinski definition) is 0. The van der Waals surface area contributed by atoms with Crippen molar-refractivity contribution in [3.05, 3.63) is 34.3 Å². The lowest BCUT2D eigenvalue weighted by Gasteiger charge is -2.12. The first-order valence-corrected chi connectivity index (χ1v) is 6.80. The lowest BCUT2D eigenvalue weighted by atomic mass is 10.2. The van der Waals surface area contributed by atoms with Crippen LogP contribution in [0.5, 0.6) is 5.75 Å². The summed E-state index contributed by atoms with van der Waals surface area (Å²) in [5.41, 5.74) is 0.902. The minimum atomic E-state index is 0.0783. The molecule has 96 valence electrons. The molecule has 0 aromatic heterocycles. The molecule has 0 spiro atoms. The summed E-state index contributed by atoms with van der Waals surface area (Å²) in [7, 11) is 1.63. The third kappa shape index (κ3) is 3.13. The molecule has 1 aromatic carbocycles. The van der Waals surface area contributed by atoms with Crippen molar-refractivity contribution in [3.63, 3.8) is 0 Å². The van der Waals surface area contributed by atoms with Gasteiger partial charge in [-0.25, -0.2) is 0 Å². The molecule has 1 saturated heterocycles. The molecule has 0 unspecified atom stereocenters. The van der Waals surface area contributed by atoms with Crippen LogP contribution < -0.4 is 4.74 Å². The summed E-state index contributed by atoms with van der Waals surface area (Å²) in [6.45, 7) is 1.75. The van der Waals surface area contributed by atoms with Gasteiger partial charge in [0.1, 0.15) is 5.75 Å². The van der Waals surface area contributed by atoms with Gasteiger partial charge in [0.2, 0.25) is 5.91 Å². The van der Waals surface area contributed by atoms with E-state index in [9.17, 15) is 4.79 Å². The quantitative estimate of drug-likeness (QED) is 0.803. The predicted octanol–water partition coefficient (Wildman–Crippen LogP) is 3.09. The van der Waals surface area contributed by atoms with Gasteiger partial charge in [0.05, 0.1) is 7.11 Å². The van der Waals surface area contributed by atoms with Crippen molar-refractivity contribution >= 4 is 27.9 Å². The molecule has 1 heterocycles. The zero-order valence-electron chi connectivity index (χ0n) is 10.4. The Labute approximate surface area is 116 Å². The molecule has 0 atom stereocenters. The zero-order chi connectivity index (χ0) is 13.0. The Balaban J connectivity index is 2.12. The molecule has 4 heteroatoms. The fourth-order valence-electron chi connectivity index (χ4n) is 2.04. The first kappa shape index (κ1) is 13.1. The van der Waals surface area contributed by atoms with Crippen LogP contribution in [-0.4, -0.2) is 31.0 Å². The van der Waals surface area contributed by atoms with E-state index in [1.54, 1.807) is 13.2 Å². The highest BCUT2D eigenvalue weighted by atomic mass is 79.9. The molecule has 1 fully saturated rings. The predicted molar refractivity (Wildman–Crippen MR) is 75.5 cm³/mol. The molecule has 0 N–H and O–H groups in total. The van der Waals surface area contributed by atoms with Crippen LogP contribution in [0.2, 0.25) is 0 Å². The normalized spacial score (nSPS) is 15.3. The van der Waals surface area contributed by atoms with Gasteiger partial charge >= 0.3 is 0 Å². The smallest absolute Gasteiger partial charge is 0.246 e. The van der Waals surface area contributed by atoms with Crippen LogP contribution in [0.15, 0.2) is 28.7 Å². The highest BCUT2D eigenvalue weighted by Crippen LogP contribution is 2.24. The fourth-order valence-corrected chi connectivity index (χ4v) is 2.42. The van der Waals surface area contributed by atoms with Gasteiger partial charge in [0.15, 0.2) is 0 Å². The van der Waals surface area contributed by atoms with Gasteiger partial charge in [0.25, 0.3) is 0 Å². The molecule has 0 radical (unpaired) electrons. The van der Waals surface area contributed by atoms with E-state index in [1.165, 1.54) is 0 Å². The number of halogens is 1. The lowest BCUT2D eigenvalue weighted by Crippen LogP contribution is -2.25. The summed E-state index contributed by atoms with van der Waals surface area (Å²) in [6, 6.07) is 5.73. The minimum Gasteiger partial charge on any atom is -0.496 e. The molecule has 0 saturated carbocycles. The number of carbonyl (C=O) groups is 1. The van der Waals surface area contributed by atoms with Crippen molar-refractivity contribution in [3.8, 4) is 5.75 Å². The Morgan fingerprint density at radius 2 is 2.11 bits per heavy atom. The van der Waals surface area contributed by atoms with E-state index in [2.05, 4.69) is 15.9 Å². The van der Waals surface area contributed by atoms with Crippen molar-refractivity contribution in [2.45, 2.75) is 12.8 Å². The SMILES string of the molecule is COc1ccc(Br)cc1/C=C/C(=O)N1CCCC1. The molecule has 1 aromatic rings. The van der Waals surface area contributed by atoms with Crippen molar-refractivity contribution in [1.82, 2.24) is 4.90 Å². The summed E-state index contributed by atoms with van der Waals surface area (Å²) in [4.78, 5) is 13.8. The third-order valence-electron chi connectivity index (χ3n) is 3.01. The average Bonchev–Trinajstić information content (AvgIpc) is 2.90. The van der Waals surface area contributed by atoms with Gasteiger partial charge in [-0.2, -0.15) is 0 Å². The maximum absolute atomic E-state index is 11.9. The number of ether oxygens (including phenoxy) is 1. The van der Waals surface area contributed by atoms with E-state index in [-0.39, 0.29) is 5.91 Å². The number of hydrogen-bond acceptors (Lipinski definition) is 2. The van der Waals surface area contributed by atoms with Gasteiger partial charge in [-0.05, 0) is 37.1 Å². The van der Waals surface area contributed by atoms with Crippen molar-refractivity contribution in [2.75, 3.05) is 20.2 Å². The Morgan fingerprint density at radius 3 is 2.78 bits per heavy atom. The van der Waals surface area contributed by atoms with Crippen LogP contribution in [0.3, 0.4) is 0 Å².